The summed E-state index contributed by atoms with van der Waals surface area (Å²) in [6.07, 6.45) is 1.34. The fourth-order valence-electron chi connectivity index (χ4n) is 3.15. The molecule has 4 rings (SSSR count). The SMILES string of the molecule is CCOc1ccc2ncc(S(=O)(=O)c3ccccc3)c(Nc3ccc(F)cc3)c2c1. The number of hydrogen-bond donors (Lipinski definition) is 1. The van der Waals surface area contributed by atoms with Crippen LogP contribution in [0.4, 0.5) is 15.8 Å². The van der Waals surface area contributed by atoms with Crippen molar-refractivity contribution in [2.45, 2.75) is 16.7 Å². The minimum atomic E-state index is -3.85. The number of sulfone groups is 1. The van der Waals surface area contributed by atoms with E-state index in [9.17, 15) is 12.8 Å². The van der Waals surface area contributed by atoms with Crippen LogP contribution < -0.4 is 10.1 Å². The molecule has 0 amide bonds. The molecule has 1 heterocycles. The van der Waals surface area contributed by atoms with Gasteiger partial charge in [0.1, 0.15) is 16.5 Å². The standard InChI is InChI=1S/C23H19FN2O3S/c1-2-29-18-12-13-21-20(14-18)23(26-17-10-8-16(24)9-11-17)22(15-25-21)30(27,28)19-6-4-3-5-7-19/h3-15H,2H2,1H3,(H,25,26). The first-order valence-electron chi connectivity index (χ1n) is 9.37. The molecule has 4 aromatic rings. The van der Waals surface area contributed by atoms with Gasteiger partial charge in [0.15, 0.2) is 0 Å². The number of halogens is 1. The smallest absolute Gasteiger partial charge is 0.210 e. The van der Waals surface area contributed by atoms with Crippen molar-refractivity contribution in [3.8, 4) is 5.75 Å². The van der Waals surface area contributed by atoms with Gasteiger partial charge < -0.3 is 10.1 Å². The lowest BCUT2D eigenvalue weighted by atomic mass is 10.1. The zero-order chi connectivity index (χ0) is 21.1. The van der Waals surface area contributed by atoms with Crippen molar-refractivity contribution in [3.63, 3.8) is 0 Å². The fourth-order valence-corrected chi connectivity index (χ4v) is 4.54. The summed E-state index contributed by atoms with van der Waals surface area (Å²) in [4.78, 5) is 4.54. The highest BCUT2D eigenvalue weighted by Gasteiger charge is 2.24. The van der Waals surface area contributed by atoms with Crippen molar-refractivity contribution in [2.24, 2.45) is 0 Å². The van der Waals surface area contributed by atoms with Crippen LogP contribution in [0.2, 0.25) is 0 Å². The number of nitrogens with zero attached hydrogens (tertiary/aromatic N) is 1. The third-order valence-corrected chi connectivity index (χ3v) is 6.35. The molecular formula is C23H19FN2O3S. The van der Waals surface area contributed by atoms with Crippen LogP contribution in [0.5, 0.6) is 5.75 Å². The predicted octanol–water partition coefficient (Wildman–Crippen LogP) is 5.35. The molecule has 0 spiro atoms. The van der Waals surface area contributed by atoms with Crippen LogP contribution >= 0.6 is 0 Å². The van der Waals surface area contributed by atoms with Crippen molar-refractivity contribution in [1.82, 2.24) is 4.98 Å². The maximum Gasteiger partial charge on any atom is 0.210 e. The van der Waals surface area contributed by atoms with Crippen LogP contribution in [0.3, 0.4) is 0 Å². The molecule has 1 aromatic heterocycles. The molecule has 0 unspecified atom stereocenters. The van der Waals surface area contributed by atoms with Crippen LogP contribution in [-0.2, 0) is 9.84 Å². The van der Waals surface area contributed by atoms with Crippen LogP contribution in [-0.4, -0.2) is 20.0 Å². The zero-order valence-electron chi connectivity index (χ0n) is 16.2. The van der Waals surface area contributed by atoms with Gasteiger partial charge in [-0.05, 0) is 61.5 Å². The van der Waals surface area contributed by atoms with Gasteiger partial charge in [0.2, 0.25) is 9.84 Å². The second-order valence-electron chi connectivity index (χ2n) is 6.56. The molecule has 1 N–H and O–H groups in total. The van der Waals surface area contributed by atoms with Crippen LogP contribution in [0, 0.1) is 5.82 Å². The van der Waals surface area contributed by atoms with Gasteiger partial charge in [-0.2, -0.15) is 0 Å². The third kappa shape index (κ3) is 3.84. The number of benzene rings is 3. The van der Waals surface area contributed by atoms with Crippen molar-refractivity contribution in [2.75, 3.05) is 11.9 Å². The summed E-state index contributed by atoms with van der Waals surface area (Å²) in [5.74, 6) is 0.221. The number of hydrogen-bond acceptors (Lipinski definition) is 5. The maximum absolute atomic E-state index is 13.4. The Bertz CT molecular complexity index is 1290. The first-order chi connectivity index (χ1) is 14.5. The molecule has 0 saturated heterocycles. The largest absolute Gasteiger partial charge is 0.494 e. The first kappa shape index (κ1) is 19.8. The quantitative estimate of drug-likeness (QED) is 0.454. The van der Waals surface area contributed by atoms with Gasteiger partial charge in [0.25, 0.3) is 0 Å². The molecule has 0 aliphatic carbocycles. The van der Waals surface area contributed by atoms with E-state index in [-0.39, 0.29) is 15.6 Å². The molecule has 0 atom stereocenters. The van der Waals surface area contributed by atoms with Gasteiger partial charge in [0, 0.05) is 17.3 Å². The summed E-state index contributed by atoms with van der Waals surface area (Å²) in [5.41, 5.74) is 1.52. The molecular weight excluding hydrogens is 403 g/mol. The number of fused-ring (bicyclic) bond motifs is 1. The van der Waals surface area contributed by atoms with Crippen LogP contribution in [0.15, 0.2) is 88.8 Å². The highest BCUT2D eigenvalue weighted by molar-refractivity contribution is 7.91. The maximum atomic E-state index is 13.4. The van der Waals surface area contributed by atoms with Crippen molar-refractivity contribution >= 4 is 32.1 Å². The summed E-state index contributed by atoms with van der Waals surface area (Å²) in [6, 6.07) is 19.2. The second-order valence-corrected chi connectivity index (χ2v) is 8.48. The summed E-state index contributed by atoms with van der Waals surface area (Å²) >= 11 is 0. The molecule has 0 saturated carbocycles. The fraction of sp³-hybridized carbons (Fsp3) is 0.0870. The van der Waals surface area contributed by atoms with Gasteiger partial charge in [0.05, 0.1) is 22.7 Å². The Morgan fingerprint density at radius 1 is 1.00 bits per heavy atom. The topological polar surface area (TPSA) is 68.3 Å². The Kier molecular flexibility index (Phi) is 5.37. The summed E-state index contributed by atoms with van der Waals surface area (Å²) in [7, 11) is -3.85. The van der Waals surface area contributed by atoms with Gasteiger partial charge in [-0.3, -0.25) is 4.98 Å². The van der Waals surface area contributed by atoms with Crippen molar-refractivity contribution < 1.29 is 17.5 Å². The monoisotopic (exact) mass is 422 g/mol. The molecule has 0 radical (unpaired) electrons. The van der Waals surface area contributed by atoms with Crippen molar-refractivity contribution in [3.05, 3.63) is 84.8 Å². The second kappa shape index (κ2) is 8.12. The highest BCUT2D eigenvalue weighted by atomic mass is 32.2. The van der Waals surface area contributed by atoms with Gasteiger partial charge in [-0.15, -0.1) is 0 Å². The van der Waals surface area contributed by atoms with Gasteiger partial charge in [-0.1, -0.05) is 18.2 Å². The van der Waals surface area contributed by atoms with Crippen LogP contribution in [0.25, 0.3) is 10.9 Å². The number of aromatic nitrogens is 1. The third-order valence-electron chi connectivity index (χ3n) is 4.57. The predicted molar refractivity (Wildman–Crippen MR) is 114 cm³/mol. The number of ether oxygens (including phenoxy) is 1. The average Bonchev–Trinajstić information content (AvgIpc) is 2.76. The van der Waals surface area contributed by atoms with E-state index in [1.807, 2.05) is 6.92 Å². The van der Waals surface area contributed by atoms with Crippen molar-refractivity contribution in [1.29, 1.82) is 0 Å². The number of pyridine rings is 1. The normalized spacial score (nSPS) is 11.4. The molecule has 30 heavy (non-hydrogen) atoms. The highest BCUT2D eigenvalue weighted by Crippen LogP contribution is 2.36. The number of anilines is 2. The summed E-state index contributed by atoms with van der Waals surface area (Å²) in [6.45, 7) is 2.35. The molecule has 5 nitrogen and oxygen atoms in total. The minimum Gasteiger partial charge on any atom is -0.494 e. The lowest BCUT2D eigenvalue weighted by molar-refractivity contribution is 0.340. The van der Waals surface area contributed by atoms with E-state index in [0.29, 0.717) is 34.6 Å². The average molecular weight is 422 g/mol. The Balaban J connectivity index is 1.95. The van der Waals surface area contributed by atoms with Gasteiger partial charge in [-0.25, -0.2) is 12.8 Å². The van der Waals surface area contributed by atoms with E-state index < -0.39 is 9.84 Å². The molecule has 0 aliphatic rings. The number of rotatable bonds is 6. The molecule has 3 aromatic carbocycles. The van der Waals surface area contributed by atoms with E-state index in [0.717, 1.165) is 0 Å². The number of nitrogens with one attached hydrogen (secondary N) is 1. The van der Waals surface area contributed by atoms with Crippen LogP contribution in [0.1, 0.15) is 6.92 Å². The summed E-state index contributed by atoms with van der Waals surface area (Å²) in [5, 5.41) is 3.73. The minimum absolute atomic E-state index is 0.0270. The van der Waals surface area contributed by atoms with Gasteiger partial charge >= 0.3 is 0 Å². The van der Waals surface area contributed by atoms with E-state index in [1.54, 1.807) is 48.5 Å². The van der Waals surface area contributed by atoms with E-state index in [4.69, 9.17) is 4.74 Å². The molecule has 0 bridgehead atoms. The van der Waals surface area contributed by atoms with E-state index in [1.165, 1.54) is 30.5 Å². The molecule has 7 heteroatoms. The Hall–Kier alpha value is -3.45. The molecule has 152 valence electrons. The molecule has 0 fully saturated rings. The first-order valence-corrected chi connectivity index (χ1v) is 10.9. The Morgan fingerprint density at radius 2 is 1.73 bits per heavy atom. The van der Waals surface area contributed by atoms with E-state index in [2.05, 4.69) is 10.3 Å². The van der Waals surface area contributed by atoms with E-state index >= 15 is 0 Å². The lowest BCUT2D eigenvalue weighted by Gasteiger charge is -2.16. The Labute approximate surface area is 174 Å². The zero-order valence-corrected chi connectivity index (χ0v) is 17.0. The molecule has 0 aliphatic heterocycles. The lowest BCUT2D eigenvalue weighted by Crippen LogP contribution is -2.07. The summed E-state index contributed by atoms with van der Waals surface area (Å²) < 4.78 is 45.7. The Morgan fingerprint density at radius 3 is 2.43 bits per heavy atom.